The first-order valence-electron chi connectivity index (χ1n) is 5.49. The summed E-state index contributed by atoms with van der Waals surface area (Å²) in [7, 11) is 1.49. The molecule has 1 rings (SSSR count). The fraction of sp³-hybridized carbons (Fsp3) is 0.214. The summed E-state index contributed by atoms with van der Waals surface area (Å²) in [5, 5.41) is 9.46. The van der Waals surface area contributed by atoms with Gasteiger partial charge in [-0.15, -0.1) is 23.5 Å². The molecule has 0 spiro atoms. The lowest BCUT2D eigenvalue weighted by atomic mass is 10.1. The van der Waals surface area contributed by atoms with Crippen LogP contribution in [0.3, 0.4) is 0 Å². The Morgan fingerprint density at radius 2 is 2.00 bits per heavy atom. The molecule has 0 fully saturated rings. The van der Waals surface area contributed by atoms with E-state index in [4.69, 9.17) is 4.74 Å². The number of carbonyl (C=O) groups excluding carboxylic acids is 1. The van der Waals surface area contributed by atoms with E-state index < -0.39 is 0 Å². The predicted octanol–water partition coefficient (Wildman–Crippen LogP) is 3.55. The Labute approximate surface area is 121 Å². The minimum absolute atomic E-state index is 0.0641. The third kappa shape index (κ3) is 5.04. The maximum Gasteiger partial charge on any atom is 0.180 e. The summed E-state index contributed by atoms with van der Waals surface area (Å²) in [5.41, 5.74) is 0.797. The molecule has 0 bridgehead atoms. The number of hydrogen-bond donors (Lipinski definition) is 1. The van der Waals surface area contributed by atoms with Gasteiger partial charge in [-0.2, -0.15) is 0 Å². The van der Waals surface area contributed by atoms with Gasteiger partial charge < -0.3 is 9.84 Å². The molecule has 0 aromatic heterocycles. The summed E-state index contributed by atoms with van der Waals surface area (Å²) in [4.78, 5) is 11.7. The zero-order valence-electron chi connectivity index (χ0n) is 11.0. The molecule has 19 heavy (non-hydrogen) atoms. The van der Waals surface area contributed by atoms with Gasteiger partial charge in [0, 0.05) is 10.3 Å². The van der Waals surface area contributed by atoms with E-state index >= 15 is 0 Å². The molecule has 0 radical (unpaired) electrons. The van der Waals surface area contributed by atoms with Crippen LogP contribution in [0.4, 0.5) is 0 Å². The van der Waals surface area contributed by atoms with Crippen molar-refractivity contribution in [2.24, 2.45) is 0 Å². The van der Waals surface area contributed by atoms with Gasteiger partial charge in [0.15, 0.2) is 17.3 Å². The summed E-state index contributed by atoms with van der Waals surface area (Å²) in [6, 6.07) is 4.93. The highest BCUT2D eigenvalue weighted by atomic mass is 32.2. The van der Waals surface area contributed by atoms with Gasteiger partial charge in [-0.3, -0.25) is 4.79 Å². The molecule has 0 heterocycles. The van der Waals surface area contributed by atoms with E-state index in [1.807, 2.05) is 12.5 Å². The van der Waals surface area contributed by atoms with Gasteiger partial charge in [-0.25, -0.2) is 0 Å². The fourth-order valence-electron chi connectivity index (χ4n) is 1.34. The Balaban J connectivity index is 2.82. The van der Waals surface area contributed by atoms with Crippen molar-refractivity contribution in [3.63, 3.8) is 0 Å². The summed E-state index contributed by atoms with van der Waals surface area (Å²) >= 11 is 3.09. The van der Waals surface area contributed by atoms with Gasteiger partial charge in [0.05, 0.1) is 7.11 Å². The van der Waals surface area contributed by atoms with Crippen LogP contribution in [0.25, 0.3) is 6.08 Å². The van der Waals surface area contributed by atoms with Crippen LogP contribution >= 0.6 is 23.5 Å². The Hall–Kier alpha value is -1.33. The average Bonchev–Trinajstić information content (AvgIpc) is 2.43. The van der Waals surface area contributed by atoms with E-state index in [1.54, 1.807) is 47.8 Å². The number of thioether (sulfide) groups is 2. The highest BCUT2D eigenvalue weighted by Crippen LogP contribution is 2.27. The molecule has 1 aromatic rings. The normalized spacial score (nSPS) is 10.5. The number of aromatic hydroxyl groups is 1. The molecule has 3 nitrogen and oxygen atoms in total. The largest absolute Gasteiger partial charge is 0.504 e. The van der Waals surface area contributed by atoms with Crippen molar-refractivity contribution in [2.45, 2.75) is 0 Å². The molecule has 5 heteroatoms. The van der Waals surface area contributed by atoms with Crippen LogP contribution in [0.1, 0.15) is 5.56 Å². The minimum Gasteiger partial charge on any atom is -0.504 e. The van der Waals surface area contributed by atoms with Crippen molar-refractivity contribution in [1.82, 2.24) is 0 Å². The average molecular weight is 296 g/mol. The van der Waals surface area contributed by atoms with Crippen molar-refractivity contribution < 1.29 is 14.6 Å². The van der Waals surface area contributed by atoms with E-state index in [0.29, 0.717) is 5.75 Å². The zero-order chi connectivity index (χ0) is 14.3. The molecular formula is C14H16O3S2. The standard InChI is InChI=1S/C14H16O3S2/c1-17-13-8-10(5-7-12(13)16)4-6-11(15)9-14(18-2)19-3/h4-9,16H,1-3H3/b6-4+. The molecule has 0 aliphatic carbocycles. The van der Waals surface area contributed by atoms with Crippen molar-refractivity contribution in [1.29, 1.82) is 0 Å². The van der Waals surface area contributed by atoms with E-state index in [2.05, 4.69) is 0 Å². The van der Waals surface area contributed by atoms with E-state index in [-0.39, 0.29) is 11.5 Å². The van der Waals surface area contributed by atoms with Gasteiger partial charge >= 0.3 is 0 Å². The first-order chi connectivity index (χ1) is 9.10. The highest BCUT2D eigenvalue weighted by molar-refractivity contribution is 8.21. The third-order valence-corrected chi connectivity index (χ3v) is 4.35. The predicted molar refractivity (Wildman–Crippen MR) is 83.8 cm³/mol. The number of rotatable bonds is 6. The molecule has 102 valence electrons. The zero-order valence-corrected chi connectivity index (χ0v) is 12.7. The lowest BCUT2D eigenvalue weighted by molar-refractivity contribution is -0.110. The van der Waals surface area contributed by atoms with Crippen LogP contribution in [-0.4, -0.2) is 30.5 Å². The Bertz CT molecular complexity index is 501. The maximum atomic E-state index is 11.7. The minimum atomic E-state index is -0.0641. The summed E-state index contributed by atoms with van der Waals surface area (Å²) in [6.45, 7) is 0. The smallest absolute Gasteiger partial charge is 0.180 e. The maximum absolute atomic E-state index is 11.7. The van der Waals surface area contributed by atoms with Crippen LogP contribution in [0.2, 0.25) is 0 Å². The molecule has 0 aliphatic heterocycles. The highest BCUT2D eigenvalue weighted by Gasteiger charge is 2.01. The number of methoxy groups -OCH3 is 1. The molecule has 0 amide bonds. The molecule has 0 atom stereocenters. The number of phenols is 1. The Morgan fingerprint density at radius 3 is 2.58 bits per heavy atom. The molecule has 1 N–H and O–H groups in total. The fourth-order valence-corrected chi connectivity index (χ4v) is 2.48. The van der Waals surface area contributed by atoms with Gasteiger partial charge in [0.25, 0.3) is 0 Å². The van der Waals surface area contributed by atoms with Crippen LogP contribution in [0.15, 0.2) is 34.6 Å². The summed E-state index contributed by atoms with van der Waals surface area (Å²) in [5.74, 6) is 0.405. The lowest BCUT2D eigenvalue weighted by Crippen LogP contribution is -1.87. The quantitative estimate of drug-likeness (QED) is 0.813. The van der Waals surface area contributed by atoms with Crippen LogP contribution in [0.5, 0.6) is 11.5 Å². The SMILES string of the molecule is COc1cc(/C=C/C(=O)C=C(SC)SC)ccc1O. The second-order valence-electron chi connectivity index (χ2n) is 3.54. The second kappa shape index (κ2) is 7.96. The van der Waals surface area contributed by atoms with Crippen molar-refractivity contribution in [3.8, 4) is 11.5 Å². The molecule has 0 saturated carbocycles. The molecule has 1 aromatic carbocycles. The van der Waals surface area contributed by atoms with Gasteiger partial charge in [0.2, 0.25) is 0 Å². The number of hydrogen-bond acceptors (Lipinski definition) is 5. The van der Waals surface area contributed by atoms with Gasteiger partial charge in [0.1, 0.15) is 0 Å². The van der Waals surface area contributed by atoms with Gasteiger partial charge in [-0.05, 0) is 36.3 Å². The van der Waals surface area contributed by atoms with Gasteiger partial charge in [-0.1, -0.05) is 12.1 Å². The number of phenolic OH excluding ortho intramolecular Hbond substituents is 1. The monoisotopic (exact) mass is 296 g/mol. The number of carbonyl (C=O) groups is 1. The van der Waals surface area contributed by atoms with Crippen LogP contribution < -0.4 is 4.74 Å². The number of benzene rings is 1. The Morgan fingerprint density at radius 1 is 1.32 bits per heavy atom. The first kappa shape index (κ1) is 15.7. The molecule has 0 unspecified atom stereocenters. The third-order valence-electron chi connectivity index (χ3n) is 2.31. The lowest BCUT2D eigenvalue weighted by Gasteiger charge is -2.03. The van der Waals surface area contributed by atoms with Crippen LogP contribution in [0, 0.1) is 0 Å². The molecular weight excluding hydrogens is 280 g/mol. The topological polar surface area (TPSA) is 46.5 Å². The van der Waals surface area contributed by atoms with E-state index in [1.165, 1.54) is 19.3 Å². The number of ether oxygens (including phenoxy) is 1. The molecule has 0 aliphatic rings. The molecule has 0 saturated heterocycles. The first-order valence-corrected chi connectivity index (χ1v) is 7.94. The van der Waals surface area contributed by atoms with Crippen molar-refractivity contribution in [2.75, 3.05) is 19.6 Å². The summed E-state index contributed by atoms with van der Waals surface area (Å²) < 4.78 is 5.97. The van der Waals surface area contributed by atoms with Crippen molar-refractivity contribution in [3.05, 3.63) is 40.2 Å². The summed E-state index contributed by atoms with van der Waals surface area (Å²) in [6.07, 6.45) is 8.66. The van der Waals surface area contributed by atoms with E-state index in [0.717, 1.165) is 9.80 Å². The Kier molecular flexibility index (Phi) is 6.59. The number of ketones is 1. The van der Waals surface area contributed by atoms with Crippen molar-refractivity contribution >= 4 is 35.4 Å². The van der Waals surface area contributed by atoms with Crippen LogP contribution in [-0.2, 0) is 4.79 Å². The second-order valence-corrected chi connectivity index (χ2v) is 5.49. The number of allylic oxidation sites excluding steroid dienone is 2. The van der Waals surface area contributed by atoms with E-state index in [9.17, 15) is 9.90 Å².